The molecule has 1 aliphatic rings. The highest BCUT2D eigenvalue weighted by Gasteiger charge is 2.11. The van der Waals surface area contributed by atoms with Crippen molar-refractivity contribution in [2.45, 2.75) is 26.2 Å². The molecule has 0 amide bonds. The van der Waals surface area contributed by atoms with E-state index >= 15 is 0 Å². The van der Waals surface area contributed by atoms with Crippen LogP contribution in [-0.2, 0) is 6.42 Å². The van der Waals surface area contributed by atoms with Crippen molar-refractivity contribution in [3.8, 4) is 0 Å². The minimum Gasteiger partial charge on any atom is -0.368 e. The molecular weight excluding hydrogens is 236 g/mol. The summed E-state index contributed by atoms with van der Waals surface area (Å²) in [6.45, 7) is 6.51. The molecule has 0 saturated carbocycles. The molecule has 0 aromatic carbocycles. The topological polar surface area (TPSA) is 41.1 Å². The predicted molar refractivity (Wildman–Crippen MR) is 70.6 cm³/mol. The molecule has 1 aromatic heterocycles. The van der Waals surface area contributed by atoms with E-state index in [9.17, 15) is 0 Å². The van der Waals surface area contributed by atoms with Gasteiger partial charge in [0.1, 0.15) is 17.3 Å². The van der Waals surface area contributed by atoms with Gasteiger partial charge in [-0.05, 0) is 32.4 Å². The van der Waals surface area contributed by atoms with E-state index in [1.807, 2.05) is 0 Å². The van der Waals surface area contributed by atoms with Gasteiger partial charge in [-0.1, -0.05) is 18.5 Å². The van der Waals surface area contributed by atoms with Crippen LogP contribution in [-0.4, -0.2) is 41.0 Å². The van der Waals surface area contributed by atoms with Crippen molar-refractivity contribution in [3.05, 3.63) is 17.0 Å². The Hall–Kier alpha value is -0.870. The van der Waals surface area contributed by atoms with Gasteiger partial charge in [-0.15, -0.1) is 0 Å². The molecule has 0 bridgehead atoms. The summed E-state index contributed by atoms with van der Waals surface area (Å²) in [6.07, 6.45) is 5.03. The minimum atomic E-state index is 0.561. The van der Waals surface area contributed by atoms with Gasteiger partial charge in [0.15, 0.2) is 0 Å². The van der Waals surface area contributed by atoms with Crippen LogP contribution in [0.5, 0.6) is 0 Å². The van der Waals surface area contributed by atoms with Crippen LogP contribution in [0.4, 0.5) is 5.82 Å². The molecule has 4 nitrogen and oxygen atoms in total. The zero-order valence-corrected chi connectivity index (χ0v) is 11.0. The maximum Gasteiger partial charge on any atom is 0.137 e. The molecule has 94 valence electrons. The molecule has 1 aliphatic heterocycles. The van der Waals surface area contributed by atoms with Crippen LogP contribution < -0.4 is 5.32 Å². The van der Waals surface area contributed by atoms with E-state index in [4.69, 9.17) is 11.6 Å². The lowest BCUT2D eigenvalue weighted by molar-refractivity contribution is 0.352. The highest BCUT2D eigenvalue weighted by molar-refractivity contribution is 6.30. The first-order valence-electron chi connectivity index (χ1n) is 6.27. The summed E-state index contributed by atoms with van der Waals surface area (Å²) in [6, 6.07) is 0. The second-order valence-corrected chi connectivity index (χ2v) is 4.68. The van der Waals surface area contributed by atoms with Crippen molar-refractivity contribution in [2.75, 3.05) is 31.5 Å². The largest absolute Gasteiger partial charge is 0.368 e. The van der Waals surface area contributed by atoms with Gasteiger partial charge in [-0.25, -0.2) is 9.97 Å². The van der Waals surface area contributed by atoms with Crippen LogP contribution in [0, 0.1) is 0 Å². The molecule has 0 aliphatic carbocycles. The Bertz CT molecular complexity index is 364. The van der Waals surface area contributed by atoms with Crippen molar-refractivity contribution in [2.24, 2.45) is 0 Å². The molecule has 5 heteroatoms. The number of nitrogens with zero attached hydrogens (tertiary/aromatic N) is 3. The van der Waals surface area contributed by atoms with Crippen molar-refractivity contribution in [1.82, 2.24) is 14.9 Å². The smallest absolute Gasteiger partial charge is 0.137 e. The molecule has 17 heavy (non-hydrogen) atoms. The first kappa shape index (κ1) is 12.6. The summed E-state index contributed by atoms with van der Waals surface area (Å²) >= 11 is 6.03. The fraction of sp³-hybridized carbons (Fsp3) is 0.667. The van der Waals surface area contributed by atoms with Crippen LogP contribution in [0.25, 0.3) is 0 Å². The molecular formula is C12H19ClN4. The van der Waals surface area contributed by atoms with Gasteiger partial charge >= 0.3 is 0 Å². The normalized spacial score (nSPS) is 16.4. The van der Waals surface area contributed by atoms with Gasteiger partial charge in [0.2, 0.25) is 0 Å². The third-order valence-electron chi connectivity index (χ3n) is 3.17. The molecule has 2 heterocycles. The fourth-order valence-electron chi connectivity index (χ4n) is 2.20. The molecule has 1 saturated heterocycles. The Kier molecular flexibility index (Phi) is 4.57. The number of halogens is 1. The number of anilines is 1. The zero-order valence-electron chi connectivity index (χ0n) is 10.2. The number of likely N-dealkylation sites (tertiary alicyclic amines) is 1. The van der Waals surface area contributed by atoms with Gasteiger partial charge in [-0.2, -0.15) is 0 Å². The van der Waals surface area contributed by atoms with Gasteiger partial charge in [0.25, 0.3) is 0 Å². The highest BCUT2D eigenvalue weighted by atomic mass is 35.5. The van der Waals surface area contributed by atoms with Crippen LogP contribution in [0.2, 0.25) is 5.15 Å². The van der Waals surface area contributed by atoms with Gasteiger partial charge in [0, 0.05) is 18.7 Å². The Balaban J connectivity index is 1.87. The number of nitrogens with one attached hydrogen (secondary N) is 1. The molecule has 1 fully saturated rings. The van der Waals surface area contributed by atoms with E-state index in [0.717, 1.165) is 30.9 Å². The fourth-order valence-corrected chi connectivity index (χ4v) is 2.46. The van der Waals surface area contributed by atoms with Crippen LogP contribution in [0.15, 0.2) is 6.33 Å². The molecule has 0 unspecified atom stereocenters. The monoisotopic (exact) mass is 254 g/mol. The minimum absolute atomic E-state index is 0.561. The van der Waals surface area contributed by atoms with Crippen LogP contribution >= 0.6 is 11.6 Å². The third-order valence-corrected chi connectivity index (χ3v) is 3.49. The standard InChI is InChI=1S/C12H19ClN4/c1-2-10-11(13)15-9-16-12(10)14-5-8-17-6-3-4-7-17/h9H,2-8H2,1H3,(H,14,15,16). The maximum absolute atomic E-state index is 6.03. The van der Waals surface area contributed by atoms with Gasteiger partial charge in [0.05, 0.1) is 0 Å². The van der Waals surface area contributed by atoms with Crippen molar-refractivity contribution in [3.63, 3.8) is 0 Å². The maximum atomic E-state index is 6.03. The van der Waals surface area contributed by atoms with Crippen molar-refractivity contribution >= 4 is 17.4 Å². The summed E-state index contributed by atoms with van der Waals surface area (Å²) in [5.74, 6) is 0.881. The van der Waals surface area contributed by atoms with Crippen LogP contribution in [0.3, 0.4) is 0 Å². The summed E-state index contributed by atoms with van der Waals surface area (Å²) in [5, 5.41) is 3.92. The number of rotatable bonds is 5. The second-order valence-electron chi connectivity index (χ2n) is 4.32. The van der Waals surface area contributed by atoms with E-state index in [1.54, 1.807) is 0 Å². The van der Waals surface area contributed by atoms with E-state index in [-0.39, 0.29) is 0 Å². The first-order chi connectivity index (χ1) is 8.31. The Morgan fingerprint density at radius 3 is 2.82 bits per heavy atom. The Labute approximate surface area is 107 Å². The SMILES string of the molecule is CCc1c(Cl)ncnc1NCCN1CCCC1. The highest BCUT2D eigenvalue weighted by Crippen LogP contribution is 2.19. The second kappa shape index (κ2) is 6.17. The quantitative estimate of drug-likeness (QED) is 0.818. The van der Waals surface area contributed by atoms with Crippen molar-refractivity contribution < 1.29 is 0 Å². The number of hydrogen-bond donors (Lipinski definition) is 1. The predicted octanol–water partition coefficient (Wildman–Crippen LogP) is 2.20. The zero-order chi connectivity index (χ0) is 12.1. The van der Waals surface area contributed by atoms with E-state index in [0.29, 0.717) is 5.15 Å². The van der Waals surface area contributed by atoms with Gasteiger partial charge in [-0.3, -0.25) is 0 Å². The lowest BCUT2D eigenvalue weighted by Crippen LogP contribution is -2.26. The summed E-state index contributed by atoms with van der Waals surface area (Å²) < 4.78 is 0. The lowest BCUT2D eigenvalue weighted by atomic mass is 10.2. The summed E-state index contributed by atoms with van der Waals surface area (Å²) in [4.78, 5) is 10.7. The average molecular weight is 255 g/mol. The average Bonchev–Trinajstić information content (AvgIpc) is 2.82. The molecule has 0 atom stereocenters. The molecule has 2 rings (SSSR count). The van der Waals surface area contributed by atoms with Crippen molar-refractivity contribution in [1.29, 1.82) is 0 Å². The van der Waals surface area contributed by atoms with E-state index in [2.05, 4.69) is 27.1 Å². The van der Waals surface area contributed by atoms with Crippen LogP contribution in [0.1, 0.15) is 25.3 Å². The van der Waals surface area contributed by atoms with E-state index < -0.39 is 0 Å². The Morgan fingerprint density at radius 1 is 1.35 bits per heavy atom. The number of hydrogen-bond acceptors (Lipinski definition) is 4. The number of aromatic nitrogens is 2. The molecule has 1 N–H and O–H groups in total. The molecule has 0 radical (unpaired) electrons. The molecule has 1 aromatic rings. The lowest BCUT2D eigenvalue weighted by Gasteiger charge is -2.16. The summed E-state index contributed by atoms with van der Waals surface area (Å²) in [5.41, 5.74) is 1.01. The Morgan fingerprint density at radius 2 is 2.12 bits per heavy atom. The first-order valence-corrected chi connectivity index (χ1v) is 6.64. The molecule has 0 spiro atoms. The third kappa shape index (κ3) is 3.30. The summed E-state index contributed by atoms with van der Waals surface area (Å²) in [7, 11) is 0. The van der Waals surface area contributed by atoms with E-state index in [1.165, 1.54) is 32.3 Å². The van der Waals surface area contributed by atoms with Gasteiger partial charge < -0.3 is 10.2 Å².